The van der Waals surface area contributed by atoms with Gasteiger partial charge in [0.2, 0.25) is 11.6 Å². The number of hydrogen-bond donors (Lipinski definition) is 1. The monoisotopic (exact) mass is 826 g/mol. The fraction of sp³-hybridized carbons (Fsp3) is 0.455. The normalized spacial score (nSPS) is 12.3. The van der Waals surface area contributed by atoms with Gasteiger partial charge < -0.3 is 28.8 Å². The molecule has 318 valence electrons. The molecule has 58 heavy (non-hydrogen) atoms. The molecule has 0 aliphatic heterocycles. The third kappa shape index (κ3) is 13.9. The number of alkyl halides is 4. The molecule has 0 spiro atoms. The topological polar surface area (TPSA) is 66.4 Å². The summed E-state index contributed by atoms with van der Waals surface area (Å²) in [6, 6.07) is 13.8. The van der Waals surface area contributed by atoms with E-state index in [4.69, 9.17) is 19.3 Å². The van der Waals surface area contributed by atoms with Crippen LogP contribution in [-0.4, -0.2) is 24.9 Å². The van der Waals surface area contributed by atoms with E-state index in [0.717, 1.165) is 76.3 Å². The summed E-state index contributed by atoms with van der Waals surface area (Å²) >= 11 is 0. The van der Waals surface area contributed by atoms with Crippen LogP contribution in [0.15, 0.2) is 72.8 Å². The van der Waals surface area contributed by atoms with E-state index in [2.05, 4.69) is 16.4 Å². The smallest absolute Gasteiger partial charge is 0.429 e. The van der Waals surface area contributed by atoms with E-state index in [1.807, 2.05) is 0 Å². The molecule has 0 fully saturated rings. The van der Waals surface area contributed by atoms with Gasteiger partial charge in [0.05, 0.1) is 19.8 Å². The van der Waals surface area contributed by atoms with E-state index < -0.39 is 58.1 Å². The Morgan fingerprint density at radius 1 is 0.483 bits per heavy atom. The number of aromatic hydroxyl groups is 1. The van der Waals surface area contributed by atoms with Crippen molar-refractivity contribution in [3.05, 3.63) is 107 Å². The molecule has 0 saturated carbocycles. The standard InChI is InChI=1S/C44H50F8O6/c1-3-54-38-27-25-36(40(46)42(38)48)44(51,52)58-34-22-18-32(19-23-34)56-29-13-9-5-7-11-15-30(2)14-10-6-4-8-12-28-55-31-16-20-33(21-17-31)57-43(49,50)35-24-26-37(53)41(47)39(35)45/h16-27,30,53H,3-15,28-29H2,1-2H3. The Kier molecular flexibility index (Phi) is 17.6. The van der Waals surface area contributed by atoms with Crippen LogP contribution in [0.25, 0.3) is 0 Å². The summed E-state index contributed by atoms with van der Waals surface area (Å²) in [6.07, 6.45) is 4.49. The van der Waals surface area contributed by atoms with E-state index in [9.17, 15) is 35.1 Å². The van der Waals surface area contributed by atoms with Crippen LogP contribution in [0, 0.1) is 29.2 Å². The van der Waals surface area contributed by atoms with Crippen molar-refractivity contribution < 1.29 is 63.9 Å². The first-order valence-corrected chi connectivity index (χ1v) is 19.6. The molecule has 0 saturated heterocycles. The fourth-order valence-corrected chi connectivity index (χ4v) is 6.18. The summed E-state index contributed by atoms with van der Waals surface area (Å²) in [5, 5.41) is 9.16. The van der Waals surface area contributed by atoms with Gasteiger partial charge in [-0.15, -0.1) is 0 Å². The maximum atomic E-state index is 14.6. The van der Waals surface area contributed by atoms with Crippen molar-refractivity contribution in [3.63, 3.8) is 0 Å². The lowest BCUT2D eigenvalue weighted by molar-refractivity contribution is -0.188. The molecule has 0 amide bonds. The van der Waals surface area contributed by atoms with Gasteiger partial charge in [0, 0.05) is 0 Å². The van der Waals surface area contributed by atoms with Crippen molar-refractivity contribution in [3.8, 4) is 34.5 Å². The second-order valence-corrected chi connectivity index (χ2v) is 14.0. The minimum Gasteiger partial charge on any atom is -0.505 e. The summed E-state index contributed by atoms with van der Waals surface area (Å²) in [5.74, 6) is -7.34. The maximum Gasteiger partial charge on any atom is 0.429 e. The molecular formula is C44H50F8O6. The zero-order valence-electron chi connectivity index (χ0n) is 32.6. The number of unbranched alkanes of at least 4 members (excludes halogenated alkanes) is 8. The molecule has 0 radical (unpaired) electrons. The van der Waals surface area contributed by atoms with Crippen LogP contribution < -0.4 is 23.7 Å². The summed E-state index contributed by atoms with van der Waals surface area (Å²) in [5.41, 5.74) is -2.56. The highest BCUT2D eigenvalue weighted by Crippen LogP contribution is 2.38. The summed E-state index contributed by atoms with van der Waals surface area (Å²) in [7, 11) is 0. The molecular weight excluding hydrogens is 776 g/mol. The molecule has 0 aliphatic carbocycles. The Bertz CT molecular complexity index is 1840. The molecule has 1 unspecified atom stereocenters. The third-order valence-corrected chi connectivity index (χ3v) is 9.40. The molecule has 14 heteroatoms. The molecule has 0 aliphatic rings. The van der Waals surface area contributed by atoms with Gasteiger partial charge >= 0.3 is 12.2 Å². The number of ether oxygens (including phenoxy) is 5. The second-order valence-electron chi connectivity index (χ2n) is 14.0. The van der Waals surface area contributed by atoms with Gasteiger partial charge in [0.15, 0.2) is 23.1 Å². The van der Waals surface area contributed by atoms with Crippen LogP contribution in [0.3, 0.4) is 0 Å². The average Bonchev–Trinajstić information content (AvgIpc) is 3.18. The fourth-order valence-electron chi connectivity index (χ4n) is 6.18. The van der Waals surface area contributed by atoms with E-state index in [1.54, 1.807) is 6.92 Å². The highest BCUT2D eigenvalue weighted by atomic mass is 19.3. The molecule has 4 aromatic rings. The maximum absolute atomic E-state index is 14.6. The van der Waals surface area contributed by atoms with Gasteiger partial charge in [-0.3, -0.25) is 0 Å². The SMILES string of the molecule is CCOc1ccc(C(F)(F)Oc2ccc(OCCCCCCCC(C)CCCCCCCOc3ccc(OC(F)(F)c4ccc(O)c(F)c4F)cc3)cc2)c(F)c1F. The van der Waals surface area contributed by atoms with Crippen molar-refractivity contribution in [2.45, 2.75) is 103 Å². The van der Waals surface area contributed by atoms with Gasteiger partial charge in [-0.25, -0.2) is 8.78 Å². The van der Waals surface area contributed by atoms with Crippen molar-refractivity contribution >= 4 is 0 Å². The molecule has 6 nitrogen and oxygen atoms in total. The summed E-state index contributed by atoms with van der Waals surface area (Å²) in [6.45, 7) is 4.83. The first-order valence-electron chi connectivity index (χ1n) is 19.6. The van der Waals surface area contributed by atoms with Gasteiger partial charge in [-0.1, -0.05) is 71.1 Å². The first kappa shape index (κ1) is 45.8. The molecule has 0 aromatic heterocycles. The Morgan fingerprint density at radius 2 is 0.879 bits per heavy atom. The van der Waals surface area contributed by atoms with Gasteiger partial charge in [0.1, 0.15) is 34.1 Å². The zero-order valence-corrected chi connectivity index (χ0v) is 32.6. The van der Waals surface area contributed by atoms with E-state index in [0.29, 0.717) is 42.8 Å². The highest BCUT2D eigenvalue weighted by Gasteiger charge is 2.40. The molecule has 1 N–H and O–H groups in total. The van der Waals surface area contributed by atoms with E-state index in [-0.39, 0.29) is 18.1 Å². The van der Waals surface area contributed by atoms with E-state index >= 15 is 0 Å². The van der Waals surface area contributed by atoms with Gasteiger partial charge in [0.25, 0.3) is 0 Å². The zero-order chi connectivity index (χ0) is 42.1. The van der Waals surface area contributed by atoms with Gasteiger partial charge in [-0.05, 0) is 98.5 Å². The minimum absolute atomic E-state index is 0.0507. The van der Waals surface area contributed by atoms with Crippen LogP contribution in [0.1, 0.15) is 102 Å². The quantitative estimate of drug-likeness (QED) is 0.0502. The molecule has 0 heterocycles. The van der Waals surface area contributed by atoms with Crippen LogP contribution in [-0.2, 0) is 12.2 Å². The number of halogens is 8. The number of hydrogen-bond acceptors (Lipinski definition) is 6. The third-order valence-electron chi connectivity index (χ3n) is 9.40. The average molecular weight is 827 g/mol. The Labute approximate surface area is 334 Å². The lowest BCUT2D eigenvalue weighted by atomic mass is 9.96. The highest BCUT2D eigenvalue weighted by molar-refractivity contribution is 5.36. The lowest BCUT2D eigenvalue weighted by Crippen LogP contribution is -2.24. The first-order chi connectivity index (χ1) is 27.7. The number of phenolic OH excluding ortho intramolecular Hbond substituents is 1. The molecule has 1 atom stereocenters. The predicted octanol–water partition coefficient (Wildman–Crippen LogP) is 13.4. The summed E-state index contributed by atoms with van der Waals surface area (Å²) < 4.78 is 139. The van der Waals surface area contributed by atoms with Crippen molar-refractivity contribution in [2.24, 2.45) is 5.92 Å². The van der Waals surface area contributed by atoms with Crippen molar-refractivity contribution in [1.82, 2.24) is 0 Å². The second kappa shape index (κ2) is 22.3. The van der Waals surface area contributed by atoms with E-state index in [1.165, 1.54) is 61.4 Å². The van der Waals surface area contributed by atoms with Crippen LogP contribution in [0.4, 0.5) is 35.1 Å². The van der Waals surface area contributed by atoms with Crippen LogP contribution in [0.2, 0.25) is 0 Å². The molecule has 4 aromatic carbocycles. The Balaban J connectivity index is 0.976. The minimum atomic E-state index is -4.16. The number of benzene rings is 4. The predicted molar refractivity (Wildman–Crippen MR) is 203 cm³/mol. The largest absolute Gasteiger partial charge is 0.505 e. The Morgan fingerprint density at radius 3 is 1.34 bits per heavy atom. The molecule has 0 bridgehead atoms. The van der Waals surface area contributed by atoms with Crippen LogP contribution >= 0.6 is 0 Å². The Hall–Kier alpha value is -4.88. The van der Waals surface area contributed by atoms with Gasteiger partial charge in [-0.2, -0.15) is 26.3 Å². The number of phenols is 1. The molecule has 4 rings (SSSR count). The van der Waals surface area contributed by atoms with Crippen LogP contribution in [0.5, 0.6) is 34.5 Å². The summed E-state index contributed by atoms with van der Waals surface area (Å²) in [4.78, 5) is 0. The number of rotatable bonds is 26. The van der Waals surface area contributed by atoms with Crippen molar-refractivity contribution in [2.75, 3.05) is 19.8 Å². The van der Waals surface area contributed by atoms with Crippen molar-refractivity contribution in [1.29, 1.82) is 0 Å². The lowest BCUT2D eigenvalue weighted by Gasteiger charge is -2.20.